The van der Waals surface area contributed by atoms with E-state index in [0.717, 1.165) is 32.9 Å². The Bertz CT molecular complexity index is 1670. The summed E-state index contributed by atoms with van der Waals surface area (Å²) in [4.78, 5) is 8.44. The molecule has 0 radical (unpaired) electrons. The number of hydrogen-bond acceptors (Lipinski definition) is 6. The number of thiazole rings is 1. The number of hydrogen-bond donors (Lipinski definition) is 1. The molecule has 0 amide bonds. The van der Waals surface area contributed by atoms with E-state index in [1.54, 1.807) is 12.1 Å². The highest BCUT2D eigenvalue weighted by Crippen LogP contribution is 2.39. The molecular weight excluding hydrogens is 547 g/mol. The molecular formula is C25H15ClF3N3O3S2. The Morgan fingerprint density at radius 1 is 0.946 bits per heavy atom. The number of nitrogens with zero attached hydrogens (tertiary/aromatic N) is 2. The van der Waals surface area contributed by atoms with E-state index in [9.17, 15) is 21.6 Å². The largest absolute Gasteiger partial charge is 0.437 e. The number of aromatic nitrogens is 2. The predicted molar refractivity (Wildman–Crippen MR) is 137 cm³/mol. The number of nitrogens with one attached hydrogen (secondary N) is 1. The number of anilines is 1. The van der Waals surface area contributed by atoms with Gasteiger partial charge in [-0.15, -0.1) is 11.3 Å². The van der Waals surface area contributed by atoms with Gasteiger partial charge in [-0.3, -0.25) is 4.72 Å². The predicted octanol–water partition coefficient (Wildman–Crippen LogP) is 7.62. The second-order valence-electron chi connectivity index (χ2n) is 7.72. The second kappa shape index (κ2) is 9.66. The Morgan fingerprint density at radius 2 is 1.65 bits per heavy atom. The van der Waals surface area contributed by atoms with E-state index in [4.69, 9.17) is 16.3 Å². The highest BCUT2D eigenvalue weighted by atomic mass is 35.5. The first-order valence-corrected chi connectivity index (χ1v) is 13.3. The molecule has 0 saturated carbocycles. The summed E-state index contributed by atoms with van der Waals surface area (Å²) in [6, 6.07) is 19.4. The molecule has 0 saturated heterocycles. The van der Waals surface area contributed by atoms with Gasteiger partial charge in [-0.05, 0) is 54.6 Å². The van der Waals surface area contributed by atoms with Gasteiger partial charge < -0.3 is 4.74 Å². The zero-order valence-corrected chi connectivity index (χ0v) is 20.9. The van der Waals surface area contributed by atoms with Crippen LogP contribution in [0.25, 0.3) is 20.8 Å². The van der Waals surface area contributed by atoms with Gasteiger partial charge in [0.2, 0.25) is 5.88 Å². The standard InChI is InChI=1S/C25H15ClF3N3O3S2/c26-19-13-16(32-37(33,34)17-11-9-15(10-12-17)25(27,28)29)14-30-23(19)35-21-7-3-1-5-18(21)24-31-20-6-2-4-8-22(20)36-24/h1-14,32H. The molecule has 0 unspecified atom stereocenters. The number of pyridine rings is 1. The average molecular weight is 562 g/mol. The van der Waals surface area contributed by atoms with Gasteiger partial charge in [0, 0.05) is 0 Å². The summed E-state index contributed by atoms with van der Waals surface area (Å²) in [5.74, 6) is 0.488. The molecule has 5 aromatic rings. The molecule has 37 heavy (non-hydrogen) atoms. The Morgan fingerprint density at radius 3 is 2.35 bits per heavy atom. The normalized spacial score (nSPS) is 12.0. The molecule has 12 heteroatoms. The number of fused-ring (bicyclic) bond motifs is 1. The second-order valence-corrected chi connectivity index (χ2v) is 10.8. The Kier molecular flexibility index (Phi) is 6.52. The van der Waals surface area contributed by atoms with Crippen molar-refractivity contribution in [1.82, 2.24) is 9.97 Å². The van der Waals surface area contributed by atoms with Crippen LogP contribution in [0.5, 0.6) is 11.6 Å². The summed E-state index contributed by atoms with van der Waals surface area (Å²) in [6.45, 7) is 0. The van der Waals surface area contributed by atoms with Crippen LogP contribution >= 0.6 is 22.9 Å². The van der Waals surface area contributed by atoms with Crippen molar-refractivity contribution in [3.05, 3.63) is 95.6 Å². The molecule has 0 fully saturated rings. The van der Waals surface area contributed by atoms with Gasteiger partial charge in [-0.2, -0.15) is 13.2 Å². The van der Waals surface area contributed by atoms with Crippen LogP contribution in [0.15, 0.2) is 90.0 Å². The SMILES string of the molecule is O=S(=O)(Nc1cnc(Oc2ccccc2-c2nc3ccccc3s2)c(Cl)c1)c1ccc(C(F)(F)F)cc1. The van der Waals surface area contributed by atoms with Crippen molar-refractivity contribution < 1.29 is 26.3 Å². The van der Waals surface area contributed by atoms with E-state index in [2.05, 4.69) is 14.7 Å². The minimum Gasteiger partial charge on any atom is -0.437 e. The van der Waals surface area contributed by atoms with Crippen LogP contribution in [-0.4, -0.2) is 18.4 Å². The molecule has 0 aliphatic heterocycles. The maximum absolute atomic E-state index is 12.8. The molecule has 3 aromatic carbocycles. The summed E-state index contributed by atoms with van der Waals surface area (Å²) >= 11 is 7.83. The lowest BCUT2D eigenvalue weighted by Crippen LogP contribution is -2.14. The van der Waals surface area contributed by atoms with Gasteiger partial charge in [-0.1, -0.05) is 35.9 Å². The molecule has 6 nitrogen and oxygen atoms in total. The molecule has 5 rings (SSSR count). The molecule has 0 aliphatic carbocycles. The smallest absolute Gasteiger partial charge is 0.416 e. The minimum absolute atomic E-state index is 0.0108. The van der Waals surface area contributed by atoms with E-state index < -0.39 is 21.8 Å². The van der Waals surface area contributed by atoms with Crippen LogP contribution in [0.4, 0.5) is 18.9 Å². The van der Waals surface area contributed by atoms with Crippen molar-refractivity contribution in [3.8, 4) is 22.2 Å². The van der Waals surface area contributed by atoms with Crippen molar-refractivity contribution in [3.63, 3.8) is 0 Å². The number of rotatable bonds is 6. The molecule has 2 aromatic heterocycles. The van der Waals surface area contributed by atoms with Crippen molar-refractivity contribution in [2.45, 2.75) is 11.1 Å². The van der Waals surface area contributed by atoms with Gasteiger partial charge in [0.15, 0.2) is 0 Å². The van der Waals surface area contributed by atoms with Crippen molar-refractivity contribution in [1.29, 1.82) is 0 Å². The van der Waals surface area contributed by atoms with E-state index in [-0.39, 0.29) is 21.5 Å². The molecule has 2 heterocycles. The van der Waals surface area contributed by atoms with E-state index >= 15 is 0 Å². The zero-order chi connectivity index (χ0) is 26.2. The molecule has 1 N–H and O–H groups in total. The summed E-state index contributed by atoms with van der Waals surface area (Å²) in [5, 5.41) is 0.764. The zero-order valence-electron chi connectivity index (χ0n) is 18.5. The quantitative estimate of drug-likeness (QED) is 0.230. The van der Waals surface area contributed by atoms with Crippen LogP contribution in [0.2, 0.25) is 5.02 Å². The molecule has 188 valence electrons. The number of ether oxygens (including phenoxy) is 1. The van der Waals surface area contributed by atoms with Crippen LogP contribution < -0.4 is 9.46 Å². The summed E-state index contributed by atoms with van der Waals surface area (Å²) < 4.78 is 72.8. The van der Waals surface area contributed by atoms with Gasteiger partial charge in [0.1, 0.15) is 15.8 Å². The number of halogens is 4. The summed E-state index contributed by atoms with van der Waals surface area (Å²) in [7, 11) is -4.18. The summed E-state index contributed by atoms with van der Waals surface area (Å²) in [5.41, 5.74) is 0.646. The number of alkyl halides is 3. The van der Waals surface area contributed by atoms with Gasteiger partial charge in [0.25, 0.3) is 10.0 Å². The lowest BCUT2D eigenvalue weighted by Gasteiger charge is -2.12. The van der Waals surface area contributed by atoms with Crippen molar-refractivity contribution >= 4 is 48.9 Å². The first kappa shape index (κ1) is 25.0. The first-order valence-electron chi connectivity index (χ1n) is 10.6. The lowest BCUT2D eigenvalue weighted by atomic mass is 10.2. The fourth-order valence-corrected chi connectivity index (χ4v) is 5.65. The Labute approximate surface area is 218 Å². The number of benzene rings is 3. The van der Waals surface area contributed by atoms with Crippen LogP contribution in [0, 0.1) is 0 Å². The average Bonchev–Trinajstić information content (AvgIpc) is 3.29. The Balaban J connectivity index is 1.37. The van der Waals surface area contributed by atoms with E-state index in [0.29, 0.717) is 17.9 Å². The van der Waals surface area contributed by atoms with Gasteiger partial charge >= 0.3 is 6.18 Å². The third-order valence-corrected chi connectivity index (χ3v) is 7.91. The highest BCUT2D eigenvalue weighted by molar-refractivity contribution is 7.92. The van der Waals surface area contributed by atoms with Gasteiger partial charge in [-0.25, -0.2) is 18.4 Å². The summed E-state index contributed by atoms with van der Waals surface area (Å²) in [6.07, 6.45) is -3.38. The van der Waals surface area contributed by atoms with Crippen LogP contribution in [-0.2, 0) is 16.2 Å². The third kappa shape index (κ3) is 5.38. The van der Waals surface area contributed by atoms with Crippen LogP contribution in [0.1, 0.15) is 5.56 Å². The molecule has 0 aliphatic rings. The number of sulfonamides is 1. The molecule has 0 atom stereocenters. The fraction of sp³-hybridized carbons (Fsp3) is 0.0400. The topological polar surface area (TPSA) is 81.2 Å². The van der Waals surface area contributed by atoms with E-state index in [1.807, 2.05) is 36.4 Å². The Hall–Kier alpha value is -3.67. The molecule has 0 spiro atoms. The third-order valence-electron chi connectivity index (χ3n) is 5.17. The molecule has 0 bridgehead atoms. The maximum atomic E-state index is 12.8. The lowest BCUT2D eigenvalue weighted by molar-refractivity contribution is -0.137. The van der Waals surface area contributed by atoms with Crippen molar-refractivity contribution in [2.75, 3.05) is 4.72 Å². The fourth-order valence-electron chi connectivity index (χ4n) is 3.42. The maximum Gasteiger partial charge on any atom is 0.416 e. The first-order chi connectivity index (χ1) is 17.6. The van der Waals surface area contributed by atoms with Gasteiger partial charge in [0.05, 0.1) is 38.1 Å². The monoisotopic (exact) mass is 561 g/mol. The van der Waals surface area contributed by atoms with Crippen LogP contribution in [0.3, 0.4) is 0 Å². The highest BCUT2D eigenvalue weighted by Gasteiger charge is 2.30. The van der Waals surface area contributed by atoms with E-state index in [1.165, 1.54) is 23.6 Å². The van der Waals surface area contributed by atoms with Crippen molar-refractivity contribution in [2.24, 2.45) is 0 Å². The number of para-hydroxylation sites is 2. The minimum atomic E-state index is -4.57.